The first-order chi connectivity index (χ1) is 17.3. The van der Waals surface area contributed by atoms with Crippen molar-refractivity contribution in [3.63, 3.8) is 0 Å². The van der Waals surface area contributed by atoms with Gasteiger partial charge in [-0.15, -0.1) is 0 Å². The number of pyridine rings is 1. The van der Waals surface area contributed by atoms with Gasteiger partial charge in [0.05, 0.1) is 11.3 Å². The van der Waals surface area contributed by atoms with Crippen LogP contribution in [0, 0.1) is 17.1 Å². The molecule has 1 amide bonds. The Bertz CT molecular complexity index is 1290. The molecule has 1 aromatic heterocycles. The summed E-state index contributed by atoms with van der Waals surface area (Å²) >= 11 is 0. The van der Waals surface area contributed by atoms with E-state index in [1.807, 2.05) is 32.2 Å². The van der Waals surface area contributed by atoms with E-state index in [2.05, 4.69) is 20.5 Å². The molecule has 0 unspecified atom stereocenters. The molecule has 0 bridgehead atoms. The standard InChI is InChI=1S/C28H32FN5O2/c1-5-19-10-20(11-24(29)27(19)28(35)33-14-18-15-34(4)16-18)25-12-22(8-9-32-25)36-21-6-7-23(17(2)30)26(13-21)31-3/h6-13,18,30-31H,5,14-16H2,1-4H3,(H,33,35). The lowest BCUT2D eigenvalue weighted by molar-refractivity contribution is 0.0893. The highest BCUT2D eigenvalue weighted by molar-refractivity contribution is 6.01. The summed E-state index contributed by atoms with van der Waals surface area (Å²) in [4.78, 5) is 19.4. The van der Waals surface area contributed by atoms with Crippen LogP contribution < -0.4 is 15.4 Å². The van der Waals surface area contributed by atoms with E-state index >= 15 is 4.39 Å². The highest BCUT2D eigenvalue weighted by Crippen LogP contribution is 2.31. The first kappa shape index (κ1) is 25.3. The molecule has 3 aromatic rings. The second-order valence-corrected chi connectivity index (χ2v) is 9.20. The number of nitrogens with one attached hydrogen (secondary N) is 3. The van der Waals surface area contributed by atoms with Crippen molar-refractivity contribution in [2.45, 2.75) is 20.3 Å². The maximum absolute atomic E-state index is 15.2. The van der Waals surface area contributed by atoms with E-state index in [9.17, 15) is 4.79 Å². The van der Waals surface area contributed by atoms with Crippen LogP contribution in [0.5, 0.6) is 11.5 Å². The number of halogens is 1. The molecule has 1 saturated heterocycles. The number of carbonyl (C=O) groups excluding carboxylic acids is 1. The maximum Gasteiger partial charge on any atom is 0.254 e. The van der Waals surface area contributed by atoms with Gasteiger partial charge in [-0.25, -0.2) is 4.39 Å². The van der Waals surface area contributed by atoms with Gasteiger partial charge in [0.2, 0.25) is 0 Å². The number of aryl methyl sites for hydroxylation is 1. The number of hydrogen-bond acceptors (Lipinski definition) is 6. The van der Waals surface area contributed by atoms with Crippen molar-refractivity contribution >= 4 is 17.3 Å². The Morgan fingerprint density at radius 1 is 1.19 bits per heavy atom. The third-order valence-electron chi connectivity index (χ3n) is 6.40. The molecule has 2 heterocycles. The predicted molar refractivity (Wildman–Crippen MR) is 141 cm³/mol. The second kappa shape index (κ2) is 10.9. The number of hydrogen-bond donors (Lipinski definition) is 3. The van der Waals surface area contributed by atoms with Gasteiger partial charge < -0.3 is 25.7 Å². The van der Waals surface area contributed by atoms with Crippen LogP contribution in [0.3, 0.4) is 0 Å². The Balaban J connectivity index is 1.55. The first-order valence-corrected chi connectivity index (χ1v) is 12.1. The van der Waals surface area contributed by atoms with Gasteiger partial charge >= 0.3 is 0 Å². The Labute approximate surface area is 211 Å². The molecule has 1 aliphatic heterocycles. The average Bonchev–Trinajstić information content (AvgIpc) is 2.85. The van der Waals surface area contributed by atoms with Gasteiger partial charge in [-0.05, 0) is 56.3 Å². The van der Waals surface area contributed by atoms with Crippen molar-refractivity contribution < 1.29 is 13.9 Å². The summed E-state index contributed by atoms with van der Waals surface area (Å²) in [5.41, 5.74) is 3.91. The lowest BCUT2D eigenvalue weighted by atomic mass is 9.97. The molecule has 0 atom stereocenters. The predicted octanol–water partition coefficient (Wildman–Crippen LogP) is 4.96. The minimum atomic E-state index is -0.558. The van der Waals surface area contributed by atoms with Crippen LogP contribution >= 0.6 is 0 Å². The topological polar surface area (TPSA) is 90.3 Å². The summed E-state index contributed by atoms with van der Waals surface area (Å²) in [6, 6.07) is 12.1. The molecule has 1 aliphatic rings. The average molecular weight is 490 g/mol. The molecule has 188 valence electrons. The van der Waals surface area contributed by atoms with Crippen LogP contribution in [-0.4, -0.2) is 55.2 Å². The van der Waals surface area contributed by atoms with Gasteiger partial charge in [0, 0.05) is 73.5 Å². The quantitative estimate of drug-likeness (QED) is 0.370. The lowest BCUT2D eigenvalue weighted by Gasteiger charge is -2.36. The molecule has 7 nitrogen and oxygen atoms in total. The van der Waals surface area contributed by atoms with Crippen LogP contribution in [0.1, 0.15) is 35.3 Å². The minimum absolute atomic E-state index is 0.0995. The maximum atomic E-state index is 15.2. The molecule has 36 heavy (non-hydrogen) atoms. The van der Waals surface area contributed by atoms with Crippen LogP contribution in [0.4, 0.5) is 10.1 Å². The molecule has 1 fully saturated rings. The summed E-state index contributed by atoms with van der Waals surface area (Å²) in [5, 5.41) is 13.9. The van der Waals surface area contributed by atoms with Gasteiger partial charge in [-0.3, -0.25) is 9.78 Å². The monoisotopic (exact) mass is 489 g/mol. The minimum Gasteiger partial charge on any atom is -0.457 e. The number of ether oxygens (including phenoxy) is 1. The number of amides is 1. The van der Waals surface area contributed by atoms with Crippen molar-refractivity contribution in [2.75, 3.05) is 39.0 Å². The molecule has 3 N–H and O–H groups in total. The van der Waals surface area contributed by atoms with Crippen molar-refractivity contribution in [1.82, 2.24) is 15.2 Å². The third kappa shape index (κ3) is 5.54. The molecule has 0 aliphatic carbocycles. The third-order valence-corrected chi connectivity index (χ3v) is 6.40. The summed E-state index contributed by atoms with van der Waals surface area (Å²) < 4.78 is 21.2. The van der Waals surface area contributed by atoms with Gasteiger partial charge in [0.15, 0.2) is 0 Å². The van der Waals surface area contributed by atoms with Crippen LogP contribution in [0.2, 0.25) is 0 Å². The zero-order valence-corrected chi connectivity index (χ0v) is 21.1. The molecule has 2 aromatic carbocycles. The Morgan fingerprint density at radius 2 is 1.94 bits per heavy atom. The Morgan fingerprint density at radius 3 is 2.61 bits per heavy atom. The first-order valence-electron chi connectivity index (χ1n) is 12.1. The summed E-state index contributed by atoms with van der Waals surface area (Å²) in [6.07, 6.45) is 2.13. The summed E-state index contributed by atoms with van der Waals surface area (Å²) in [7, 11) is 3.83. The number of likely N-dealkylation sites (tertiary alicyclic amines) is 1. The second-order valence-electron chi connectivity index (χ2n) is 9.20. The van der Waals surface area contributed by atoms with E-state index in [4.69, 9.17) is 10.1 Å². The number of nitrogens with zero attached hydrogens (tertiary/aromatic N) is 2. The van der Waals surface area contributed by atoms with Gasteiger partial charge in [0.25, 0.3) is 5.91 Å². The molecule has 0 radical (unpaired) electrons. The number of aromatic nitrogens is 1. The highest BCUT2D eigenvalue weighted by atomic mass is 19.1. The zero-order valence-electron chi connectivity index (χ0n) is 21.1. The fourth-order valence-electron chi connectivity index (χ4n) is 4.52. The molecule has 0 saturated carbocycles. The molecule has 4 rings (SSSR count). The van der Waals surface area contributed by atoms with E-state index < -0.39 is 5.82 Å². The summed E-state index contributed by atoms with van der Waals surface area (Å²) in [5.74, 6) is 0.628. The molecular formula is C28H32FN5O2. The lowest BCUT2D eigenvalue weighted by Crippen LogP contribution is -2.49. The van der Waals surface area contributed by atoms with Crippen molar-refractivity contribution in [3.05, 3.63) is 71.2 Å². The summed E-state index contributed by atoms with van der Waals surface area (Å²) in [6.45, 7) is 6.06. The van der Waals surface area contributed by atoms with Crippen LogP contribution in [0.25, 0.3) is 11.3 Å². The normalized spacial score (nSPS) is 13.7. The van der Waals surface area contributed by atoms with E-state index in [1.54, 1.807) is 38.4 Å². The number of anilines is 1. The van der Waals surface area contributed by atoms with Crippen molar-refractivity contribution in [3.8, 4) is 22.8 Å². The Hall–Kier alpha value is -3.78. The fourth-order valence-corrected chi connectivity index (χ4v) is 4.52. The fraction of sp³-hybridized carbons (Fsp3) is 0.321. The van der Waals surface area contributed by atoms with Gasteiger partial charge in [0.1, 0.15) is 17.3 Å². The van der Waals surface area contributed by atoms with Crippen molar-refractivity contribution in [1.29, 1.82) is 5.41 Å². The van der Waals surface area contributed by atoms with Crippen molar-refractivity contribution in [2.24, 2.45) is 5.92 Å². The zero-order chi connectivity index (χ0) is 25.8. The van der Waals surface area contributed by atoms with Gasteiger partial charge in [-0.1, -0.05) is 6.92 Å². The SMILES string of the molecule is CCc1cc(-c2cc(Oc3ccc(C(C)=N)c(NC)c3)ccn2)cc(F)c1C(=O)NCC1CN(C)C1. The number of carbonyl (C=O) groups is 1. The number of benzene rings is 2. The van der Waals surface area contributed by atoms with E-state index in [-0.39, 0.29) is 11.5 Å². The van der Waals surface area contributed by atoms with E-state index in [0.717, 1.165) is 24.3 Å². The van der Waals surface area contributed by atoms with E-state index in [1.165, 1.54) is 6.07 Å². The van der Waals surface area contributed by atoms with E-state index in [0.29, 0.717) is 52.9 Å². The van der Waals surface area contributed by atoms with Crippen LogP contribution in [0.15, 0.2) is 48.7 Å². The van der Waals surface area contributed by atoms with Crippen LogP contribution in [-0.2, 0) is 6.42 Å². The largest absolute Gasteiger partial charge is 0.457 e. The van der Waals surface area contributed by atoms with Gasteiger partial charge in [-0.2, -0.15) is 0 Å². The molecule has 0 spiro atoms. The highest BCUT2D eigenvalue weighted by Gasteiger charge is 2.25. The molecular weight excluding hydrogens is 457 g/mol. The Kier molecular flexibility index (Phi) is 7.64. The smallest absolute Gasteiger partial charge is 0.254 e. The molecule has 8 heteroatoms. The number of rotatable bonds is 9.